The fraction of sp³-hybridized carbons (Fsp3) is 0.650. The maximum Gasteiger partial charge on any atom is 0.387 e. The molecule has 0 saturated heterocycles. The van der Waals surface area contributed by atoms with E-state index in [0.717, 1.165) is 19.6 Å². The van der Waals surface area contributed by atoms with E-state index in [1.165, 1.54) is 45.3 Å². The van der Waals surface area contributed by atoms with Crippen LogP contribution in [0.4, 0.5) is 8.78 Å². The van der Waals surface area contributed by atoms with Gasteiger partial charge in [0.1, 0.15) is 11.5 Å². The number of aliphatic imine (C=N–C) groups is 1. The van der Waals surface area contributed by atoms with Crippen LogP contribution >= 0.6 is 0 Å². The zero-order valence-electron chi connectivity index (χ0n) is 16.7. The quantitative estimate of drug-likeness (QED) is 0.357. The number of ether oxygens (including phenoxy) is 3. The molecule has 0 radical (unpaired) electrons. The molecule has 0 amide bonds. The number of methoxy groups -OCH3 is 1. The molecular formula is C20H31F2N3O3. The summed E-state index contributed by atoms with van der Waals surface area (Å²) >= 11 is 0. The lowest BCUT2D eigenvalue weighted by Crippen LogP contribution is -2.37. The SMILES string of the molecule is CN=C(NCCCOC1CCCCC1)NCc1ccc(OC)cc1OC(F)F. The molecule has 8 heteroatoms. The molecule has 1 aliphatic rings. The molecule has 2 N–H and O–H groups in total. The predicted octanol–water partition coefficient (Wildman–Crippen LogP) is 3.70. The van der Waals surface area contributed by atoms with Gasteiger partial charge in [0.15, 0.2) is 5.96 Å². The summed E-state index contributed by atoms with van der Waals surface area (Å²) in [5.41, 5.74) is 0.588. The second-order valence-electron chi connectivity index (χ2n) is 6.69. The lowest BCUT2D eigenvalue weighted by molar-refractivity contribution is -0.0505. The van der Waals surface area contributed by atoms with E-state index in [0.29, 0.717) is 29.9 Å². The number of alkyl halides is 2. The number of hydrogen-bond donors (Lipinski definition) is 2. The van der Waals surface area contributed by atoms with Gasteiger partial charge in [0.25, 0.3) is 0 Å². The van der Waals surface area contributed by atoms with Crippen molar-refractivity contribution in [1.29, 1.82) is 0 Å². The van der Waals surface area contributed by atoms with E-state index in [1.807, 2.05) is 0 Å². The molecule has 1 aromatic carbocycles. The number of rotatable bonds is 10. The van der Waals surface area contributed by atoms with Gasteiger partial charge < -0.3 is 24.8 Å². The first-order valence-electron chi connectivity index (χ1n) is 9.80. The third-order valence-electron chi connectivity index (χ3n) is 4.68. The molecule has 0 heterocycles. The van der Waals surface area contributed by atoms with Crippen LogP contribution in [0.1, 0.15) is 44.1 Å². The van der Waals surface area contributed by atoms with Crippen molar-refractivity contribution in [2.75, 3.05) is 27.3 Å². The number of hydrogen-bond acceptors (Lipinski definition) is 4. The summed E-state index contributed by atoms with van der Waals surface area (Å²) in [5, 5.41) is 6.31. The summed E-state index contributed by atoms with van der Waals surface area (Å²) in [6.07, 6.45) is 7.48. The van der Waals surface area contributed by atoms with Crippen LogP contribution in [0.3, 0.4) is 0 Å². The first kappa shape index (κ1) is 22.2. The highest BCUT2D eigenvalue weighted by Crippen LogP contribution is 2.26. The summed E-state index contributed by atoms with van der Waals surface area (Å²) in [6, 6.07) is 4.84. The van der Waals surface area contributed by atoms with Crippen LogP contribution in [-0.2, 0) is 11.3 Å². The number of nitrogens with zero attached hydrogens (tertiary/aromatic N) is 1. The molecular weight excluding hydrogens is 368 g/mol. The molecule has 6 nitrogen and oxygen atoms in total. The largest absolute Gasteiger partial charge is 0.497 e. The van der Waals surface area contributed by atoms with Gasteiger partial charge in [-0.2, -0.15) is 8.78 Å². The summed E-state index contributed by atoms with van der Waals surface area (Å²) < 4.78 is 40.8. The summed E-state index contributed by atoms with van der Waals surface area (Å²) in [7, 11) is 3.14. The van der Waals surface area contributed by atoms with E-state index in [2.05, 4.69) is 20.4 Å². The fourth-order valence-electron chi connectivity index (χ4n) is 3.17. The summed E-state index contributed by atoms with van der Waals surface area (Å²) in [6.45, 7) is -1.16. The molecule has 0 bridgehead atoms. The Balaban J connectivity index is 1.73. The van der Waals surface area contributed by atoms with Crippen LogP contribution in [0.15, 0.2) is 23.2 Å². The van der Waals surface area contributed by atoms with E-state index in [-0.39, 0.29) is 5.75 Å². The van der Waals surface area contributed by atoms with E-state index in [1.54, 1.807) is 19.2 Å². The lowest BCUT2D eigenvalue weighted by Gasteiger charge is -2.22. The molecule has 2 rings (SSSR count). The van der Waals surface area contributed by atoms with Gasteiger partial charge in [0, 0.05) is 38.4 Å². The molecule has 0 atom stereocenters. The third kappa shape index (κ3) is 7.88. The average Bonchev–Trinajstić information content (AvgIpc) is 2.71. The fourth-order valence-corrected chi connectivity index (χ4v) is 3.17. The Morgan fingerprint density at radius 3 is 2.68 bits per heavy atom. The molecule has 0 unspecified atom stereocenters. The van der Waals surface area contributed by atoms with Crippen molar-refractivity contribution in [2.45, 2.75) is 57.8 Å². The van der Waals surface area contributed by atoms with Crippen molar-refractivity contribution in [3.05, 3.63) is 23.8 Å². The Morgan fingerprint density at radius 2 is 2.00 bits per heavy atom. The smallest absolute Gasteiger partial charge is 0.387 e. The minimum atomic E-state index is -2.90. The van der Waals surface area contributed by atoms with Crippen LogP contribution < -0.4 is 20.1 Å². The van der Waals surface area contributed by atoms with Crippen LogP contribution in [0.5, 0.6) is 11.5 Å². The normalized spacial score (nSPS) is 15.5. The third-order valence-corrected chi connectivity index (χ3v) is 4.68. The van der Waals surface area contributed by atoms with Crippen LogP contribution in [0.2, 0.25) is 0 Å². The Labute approximate surface area is 165 Å². The van der Waals surface area contributed by atoms with Gasteiger partial charge in [-0.1, -0.05) is 19.3 Å². The number of benzene rings is 1. The zero-order chi connectivity index (χ0) is 20.2. The van der Waals surface area contributed by atoms with Gasteiger partial charge in [0.05, 0.1) is 13.2 Å². The highest BCUT2D eigenvalue weighted by Gasteiger charge is 2.13. The summed E-state index contributed by atoms with van der Waals surface area (Å²) in [4.78, 5) is 4.15. The highest BCUT2D eigenvalue weighted by molar-refractivity contribution is 5.79. The molecule has 0 spiro atoms. The van der Waals surface area contributed by atoms with Gasteiger partial charge in [0.2, 0.25) is 0 Å². The number of nitrogens with one attached hydrogen (secondary N) is 2. The second-order valence-corrected chi connectivity index (χ2v) is 6.69. The number of guanidine groups is 1. The molecule has 28 heavy (non-hydrogen) atoms. The van der Waals surface area contributed by atoms with Crippen LogP contribution in [0.25, 0.3) is 0 Å². The molecule has 1 aliphatic carbocycles. The molecule has 0 aliphatic heterocycles. The monoisotopic (exact) mass is 399 g/mol. The Hall–Kier alpha value is -2.09. The molecule has 1 aromatic rings. The Morgan fingerprint density at radius 1 is 1.21 bits per heavy atom. The highest BCUT2D eigenvalue weighted by atomic mass is 19.3. The lowest BCUT2D eigenvalue weighted by atomic mass is 9.98. The van der Waals surface area contributed by atoms with Crippen molar-refractivity contribution in [1.82, 2.24) is 10.6 Å². The van der Waals surface area contributed by atoms with Crippen molar-refractivity contribution < 1.29 is 23.0 Å². The van der Waals surface area contributed by atoms with E-state index in [4.69, 9.17) is 9.47 Å². The second kappa shape index (κ2) is 12.4. The van der Waals surface area contributed by atoms with Gasteiger partial charge in [-0.25, -0.2) is 0 Å². The van der Waals surface area contributed by atoms with Gasteiger partial charge >= 0.3 is 6.61 Å². The van der Waals surface area contributed by atoms with E-state index < -0.39 is 6.61 Å². The Bertz CT molecular complexity index is 608. The molecule has 158 valence electrons. The van der Waals surface area contributed by atoms with Crippen molar-refractivity contribution >= 4 is 5.96 Å². The van der Waals surface area contributed by atoms with Crippen molar-refractivity contribution in [2.24, 2.45) is 4.99 Å². The van der Waals surface area contributed by atoms with Crippen LogP contribution in [-0.4, -0.2) is 46.0 Å². The maximum absolute atomic E-state index is 12.6. The predicted molar refractivity (Wildman–Crippen MR) is 105 cm³/mol. The minimum Gasteiger partial charge on any atom is -0.497 e. The maximum atomic E-state index is 12.6. The van der Waals surface area contributed by atoms with Crippen LogP contribution in [0, 0.1) is 0 Å². The molecule has 0 aromatic heterocycles. The average molecular weight is 399 g/mol. The topological polar surface area (TPSA) is 64.1 Å². The van der Waals surface area contributed by atoms with E-state index in [9.17, 15) is 8.78 Å². The zero-order valence-corrected chi connectivity index (χ0v) is 16.7. The molecule has 1 fully saturated rings. The van der Waals surface area contributed by atoms with Crippen molar-refractivity contribution in [3.8, 4) is 11.5 Å². The van der Waals surface area contributed by atoms with Gasteiger partial charge in [-0.15, -0.1) is 0 Å². The number of halogens is 2. The first-order valence-corrected chi connectivity index (χ1v) is 9.80. The Kier molecular flexibility index (Phi) is 9.82. The minimum absolute atomic E-state index is 0.0817. The van der Waals surface area contributed by atoms with E-state index >= 15 is 0 Å². The van der Waals surface area contributed by atoms with Gasteiger partial charge in [-0.05, 0) is 31.4 Å². The van der Waals surface area contributed by atoms with Crippen molar-refractivity contribution in [3.63, 3.8) is 0 Å². The summed E-state index contributed by atoms with van der Waals surface area (Å²) in [5.74, 6) is 1.13. The standard InChI is InChI=1S/C20H31F2N3O3/c1-23-20(24-11-6-12-27-16-7-4-3-5-8-16)25-14-15-9-10-17(26-2)13-18(15)28-19(21)22/h9-10,13,16,19H,3-8,11-12,14H2,1-2H3,(H2,23,24,25). The molecule has 1 saturated carbocycles. The van der Waals surface area contributed by atoms with Gasteiger partial charge in [-0.3, -0.25) is 4.99 Å². The first-order chi connectivity index (χ1) is 13.6.